The van der Waals surface area contributed by atoms with Gasteiger partial charge in [-0.1, -0.05) is 123 Å². The van der Waals surface area contributed by atoms with Gasteiger partial charge in [0, 0.05) is 9.52 Å². The molecule has 4 radical (unpaired) electrons. The van der Waals surface area contributed by atoms with Crippen molar-refractivity contribution in [1.29, 1.82) is 0 Å². The van der Waals surface area contributed by atoms with E-state index >= 15 is 0 Å². The third-order valence-corrected chi connectivity index (χ3v) is 8.98. The molecule has 1 aliphatic rings. The van der Waals surface area contributed by atoms with Crippen LogP contribution in [0.4, 0.5) is 0 Å². The average Bonchev–Trinajstić information content (AvgIpc) is 3.79. The van der Waals surface area contributed by atoms with Crippen molar-refractivity contribution in [3.63, 3.8) is 0 Å². The van der Waals surface area contributed by atoms with Gasteiger partial charge in [0.25, 0.3) is 0 Å². The molecule has 0 bridgehead atoms. The van der Waals surface area contributed by atoms with Crippen LogP contribution < -0.4 is 0 Å². The second-order valence-corrected chi connectivity index (χ2v) is 11.7. The van der Waals surface area contributed by atoms with Crippen LogP contribution in [0, 0.1) is 29.7 Å². The average molecular weight is 765 g/mol. The van der Waals surface area contributed by atoms with E-state index < -0.39 is 0 Å². The van der Waals surface area contributed by atoms with Gasteiger partial charge in [-0.3, -0.25) is 0 Å². The maximum absolute atomic E-state index is 2.32. The maximum atomic E-state index is 2.32. The van der Waals surface area contributed by atoms with Gasteiger partial charge in [0.05, 0.1) is 0 Å². The summed E-state index contributed by atoms with van der Waals surface area (Å²) in [5.74, 6) is 0. The fourth-order valence-corrected chi connectivity index (χ4v) is 6.62. The third kappa shape index (κ3) is 12.0. The smallest absolute Gasteiger partial charge is 0.358 e. The minimum Gasteiger partial charge on any atom is -0.358 e. The first-order valence-corrected chi connectivity index (χ1v) is 15.9. The largest absolute Gasteiger partial charge is 3.00 e. The molecule has 1 saturated heterocycles. The van der Waals surface area contributed by atoms with Crippen molar-refractivity contribution in [1.82, 2.24) is 0 Å². The molecular formula is C42H50SiZr2. The number of rotatable bonds is 4. The Hall–Kier alpha value is -1.92. The first-order chi connectivity index (χ1) is 19.3. The van der Waals surface area contributed by atoms with E-state index in [1.54, 1.807) is 0 Å². The van der Waals surface area contributed by atoms with Crippen molar-refractivity contribution in [2.24, 2.45) is 0 Å². The second-order valence-electron chi connectivity index (χ2n) is 10.2. The van der Waals surface area contributed by atoms with Crippen LogP contribution in [-0.4, -0.2) is 9.52 Å². The van der Waals surface area contributed by atoms with Crippen molar-refractivity contribution in [3.8, 4) is 22.3 Å². The summed E-state index contributed by atoms with van der Waals surface area (Å²) >= 11 is 0. The van der Waals surface area contributed by atoms with Gasteiger partial charge in [0.1, 0.15) is 0 Å². The summed E-state index contributed by atoms with van der Waals surface area (Å²) in [4.78, 5) is 0. The monoisotopic (exact) mass is 762 g/mol. The fourth-order valence-electron chi connectivity index (χ4n) is 5.37. The zero-order valence-electron chi connectivity index (χ0n) is 28.3. The zero-order chi connectivity index (χ0) is 26.9. The molecule has 6 aromatic carbocycles. The molecule has 0 aliphatic carbocycles. The molecule has 0 saturated carbocycles. The molecule has 7 rings (SSSR count). The first-order valence-electron chi connectivity index (χ1n) is 14.4. The quantitative estimate of drug-likeness (QED) is 0.124. The van der Waals surface area contributed by atoms with Gasteiger partial charge in [0.2, 0.25) is 0 Å². The summed E-state index contributed by atoms with van der Waals surface area (Å²) in [7, 11) is 1.31. The van der Waals surface area contributed by atoms with E-state index in [4.69, 9.17) is 0 Å². The molecule has 0 aromatic heterocycles. The van der Waals surface area contributed by atoms with Crippen LogP contribution in [0.2, 0.25) is 12.1 Å². The molecule has 0 spiro atoms. The van der Waals surface area contributed by atoms with E-state index in [1.807, 2.05) is 0 Å². The zero-order valence-corrected chi connectivity index (χ0v) is 34.2. The van der Waals surface area contributed by atoms with Crippen molar-refractivity contribution < 1.29 is 52.4 Å². The van der Waals surface area contributed by atoms with E-state index in [-0.39, 0.29) is 82.1 Å². The number of benzene rings is 4. The van der Waals surface area contributed by atoms with Gasteiger partial charge in [-0.15, -0.1) is 69.1 Å². The van der Waals surface area contributed by atoms with Crippen LogP contribution in [0.1, 0.15) is 37.8 Å². The fraction of sp³-hybridized carbons (Fsp3) is 0.190. The Kier molecular flexibility index (Phi) is 23.5. The van der Waals surface area contributed by atoms with Gasteiger partial charge in [-0.25, -0.2) is 0 Å². The summed E-state index contributed by atoms with van der Waals surface area (Å²) in [6, 6.07) is 46.6. The van der Waals surface area contributed by atoms with E-state index in [1.165, 1.54) is 89.4 Å². The molecule has 1 heterocycles. The molecular weight excluding hydrogens is 715 g/mol. The molecule has 0 nitrogen and oxygen atoms in total. The maximum Gasteiger partial charge on any atom is 3.00 e. The normalized spacial score (nSPS) is 10.9. The number of hydrogen-bond donors (Lipinski definition) is 0. The number of hydrogen-bond acceptors (Lipinski definition) is 0. The molecule has 230 valence electrons. The topological polar surface area (TPSA) is 0 Å². The van der Waals surface area contributed by atoms with Crippen molar-refractivity contribution in [3.05, 3.63) is 162 Å². The summed E-state index contributed by atoms with van der Waals surface area (Å²) < 4.78 is 0. The summed E-state index contributed by atoms with van der Waals surface area (Å²) in [5, 5.41) is 5.44. The Labute approximate surface area is 316 Å². The van der Waals surface area contributed by atoms with Crippen LogP contribution >= 0.6 is 0 Å². The molecule has 1 aliphatic heterocycles. The van der Waals surface area contributed by atoms with Gasteiger partial charge in [-0.05, 0) is 24.0 Å². The molecule has 1 fully saturated rings. The molecule has 3 heteroatoms. The van der Waals surface area contributed by atoms with Crippen LogP contribution in [0.15, 0.2) is 121 Å². The molecule has 0 N–H and O–H groups in total. The Balaban J connectivity index is 0. The first kappa shape index (κ1) is 45.2. The van der Waals surface area contributed by atoms with Crippen molar-refractivity contribution in [2.75, 3.05) is 0 Å². The molecule has 0 unspecified atom stereocenters. The Bertz CT molecular complexity index is 1470. The van der Waals surface area contributed by atoms with Crippen LogP contribution in [0.3, 0.4) is 0 Å². The van der Waals surface area contributed by atoms with E-state index in [2.05, 4.69) is 135 Å². The summed E-state index contributed by atoms with van der Waals surface area (Å²) in [6.07, 6.45) is 5.22. The van der Waals surface area contributed by atoms with Crippen molar-refractivity contribution >= 4 is 31.1 Å². The van der Waals surface area contributed by atoms with Crippen molar-refractivity contribution in [2.45, 2.75) is 51.6 Å². The molecule has 0 amide bonds. The minimum absolute atomic E-state index is 0. The molecule has 45 heavy (non-hydrogen) atoms. The van der Waals surface area contributed by atoms with Gasteiger partial charge in [0.15, 0.2) is 0 Å². The Morgan fingerprint density at radius 1 is 0.511 bits per heavy atom. The van der Waals surface area contributed by atoms with Gasteiger partial charge in [-0.2, -0.15) is 12.1 Å². The number of fused-ring (bicyclic) bond motifs is 2. The molecule has 6 aromatic rings. The predicted molar refractivity (Wildman–Crippen MR) is 199 cm³/mol. The predicted octanol–water partition coefficient (Wildman–Crippen LogP) is 12.7. The SMILES string of the molecule is C1CC[Si]C1.CCc1cc2c(-c3ccccc3)cccc2[cH-]1.CCc1cc2c(-c3ccccc3)cccc2[cH-]1.[CH3-].[CH3-].[CH3-].[CH3-].[Zr+3].[Zr+3]. The Morgan fingerprint density at radius 2 is 0.889 bits per heavy atom. The Morgan fingerprint density at radius 3 is 1.20 bits per heavy atom. The standard InChI is InChI=1S/2C17H15.C4H8Si.4CH3.2Zr/c2*1-2-13-11-15-9-6-10-16(17(15)12-13)14-7-4-3-5-8-14;1-2-4-5-3-1;;;;;;/h2*3-12H,2H2,1H3;1-4H2;4*1H3;;/q2*-1;;4*-1;2*+3. The van der Waals surface area contributed by atoms with Gasteiger partial charge >= 0.3 is 52.4 Å². The number of aryl methyl sites for hydroxylation is 2. The van der Waals surface area contributed by atoms with E-state index in [0.29, 0.717) is 0 Å². The molecule has 0 atom stereocenters. The van der Waals surface area contributed by atoms with Crippen LogP contribution in [0.5, 0.6) is 0 Å². The van der Waals surface area contributed by atoms with Crippen LogP contribution in [-0.2, 0) is 65.2 Å². The minimum atomic E-state index is 0. The van der Waals surface area contributed by atoms with E-state index in [0.717, 1.165) is 12.8 Å². The van der Waals surface area contributed by atoms with Crippen LogP contribution in [0.25, 0.3) is 43.8 Å². The summed E-state index contributed by atoms with van der Waals surface area (Å²) in [5.41, 5.74) is 8.11. The van der Waals surface area contributed by atoms with Gasteiger partial charge < -0.3 is 29.7 Å². The van der Waals surface area contributed by atoms with E-state index in [9.17, 15) is 0 Å². The third-order valence-electron chi connectivity index (χ3n) is 7.56. The second kappa shape index (κ2) is 23.4. The summed E-state index contributed by atoms with van der Waals surface area (Å²) in [6.45, 7) is 4.41.